The van der Waals surface area contributed by atoms with Crippen LogP contribution in [0.2, 0.25) is 0 Å². The van der Waals surface area contributed by atoms with E-state index in [-0.39, 0.29) is 36.1 Å². The number of rotatable bonds is 6. The number of hydrogen-bond acceptors (Lipinski definition) is 10. The van der Waals surface area contributed by atoms with Gasteiger partial charge in [-0.15, -0.1) is 0 Å². The molecule has 0 spiro atoms. The maximum absolute atomic E-state index is 15.1. The molecule has 0 bridgehead atoms. The number of carbonyl (C=O) groups is 3. The molecule has 2 amide bonds. The standard InChI is InChI=1S/C38H56FN5O7/c1-27-5-7-33(45)25-36(47)51-37(28(2)6-8-34(27)50-38(48)44-11-9-40(4)10-12-44)29(3)21-30-22-31(39)24-32(23-30)42-13-15-43(16-14-42)35(46)26-41-17-19-49-20-18-41/h6,8,21-24,27-28,33-34,37,45H,5,7,9-20,25-26H2,1-4H3/b8-6-,29-21+/t27-,28-,33+,34-,37-/m0/s1. The zero-order valence-corrected chi connectivity index (χ0v) is 30.7. The number of aliphatic hydroxyl groups excluding tert-OH is 1. The van der Waals surface area contributed by atoms with Crippen molar-refractivity contribution in [2.75, 3.05) is 97.2 Å². The molecule has 1 aromatic rings. The number of hydrogen-bond donors (Lipinski definition) is 1. The van der Waals surface area contributed by atoms with E-state index in [2.05, 4.69) is 14.7 Å². The van der Waals surface area contributed by atoms with E-state index in [0.717, 1.165) is 31.9 Å². The van der Waals surface area contributed by atoms with Crippen molar-refractivity contribution in [2.24, 2.45) is 11.8 Å². The first-order chi connectivity index (χ1) is 24.4. The monoisotopic (exact) mass is 713 g/mol. The Labute approximate surface area is 301 Å². The minimum Gasteiger partial charge on any atom is -0.457 e. The van der Waals surface area contributed by atoms with Crippen LogP contribution < -0.4 is 4.90 Å². The average molecular weight is 714 g/mol. The number of cyclic esters (lactones) is 1. The van der Waals surface area contributed by atoms with Gasteiger partial charge in [-0.3, -0.25) is 14.5 Å². The first kappa shape index (κ1) is 38.7. The SMILES string of the molecule is C/C(=C\c1cc(F)cc(N2CCN(C(=O)CN3CCOCC3)CC2)c1)[C@H]1OC(=O)C[C@H](O)CC[C@H](C)[C@@H](OC(=O)N2CCN(C)CC2)/C=C\[C@@H]1C. The summed E-state index contributed by atoms with van der Waals surface area (Å²) in [7, 11) is 2.03. The highest BCUT2D eigenvalue weighted by Gasteiger charge is 2.30. The van der Waals surface area contributed by atoms with Crippen LogP contribution in [0, 0.1) is 17.7 Å². The molecule has 282 valence electrons. The maximum Gasteiger partial charge on any atom is 0.410 e. The van der Waals surface area contributed by atoms with Crippen LogP contribution in [-0.2, 0) is 23.8 Å². The van der Waals surface area contributed by atoms with Crippen LogP contribution in [0.25, 0.3) is 6.08 Å². The molecule has 3 saturated heterocycles. The van der Waals surface area contributed by atoms with E-state index < -0.39 is 24.3 Å². The van der Waals surface area contributed by atoms with E-state index in [1.54, 1.807) is 4.90 Å². The number of esters is 1. The third-order valence-electron chi connectivity index (χ3n) is 10.5. The fourth-order valence-electron chi connectivity index (χ4n) is 7.10. The lowest BCUT2D eigenvalue weighted by molar-refractivity contribution is -0.151. The summed E-state index contributed by atoms with van der Waals surface area (Å²) < 4.78 is 32.4. The molecular formula is C38H56FN5O7. The Balaban J connectivity index is 1.28. The molecule has 12 nitrogen and oxygen atoms in total. The lowest BCUT2D eigenvalue weighted by atomic mass is 9.91. The molecule has 5 rings (SSSR count). The molecule has 13 heteroatoms. The smallest absolute Gasteiger partial charge is 0.410 e. The van der Waals surface area contributed by atoms with Crippen LogP contribution in [0.4, 0.5) is 14.9 Å². The van der Waals surface area contributed by atoms with Gasteiger partial charge in [-0.05, 0) is 68.1 Å². The lowest BCUT2D eigenvalue weighted by Crippen LogP contribution is -2.52. The van der Waals surface area contributed by atoms with E-state index in [1.165, 1.54) is 12.1 Å². The summed E-state index contributed by atoms with van der Waals surface area (Å²) in [6, 6.07) is 4.87. The Morgan fingerprint density at radius 3 is 2.33 bits per heavy atom. The quantitative estimate of drug-likeness (QED) is 0.348. The average Bonchev–Trinajstić information content (AvgIpc) is 3.11. The predicted octanol–water partition coefficient (Wildman–Crippen LogP) is 3.25. The Hall–Kier alpha value is -3.52. The van der Waals surface area contributed by atoms with Gasteiger partial charge in [0, 0.05) is 77.1 Å². The zero-order valence-electron chi connectivity index (χ0n) is 30.7. The molecule has 0 saturated carbocycles. The van der Waals surface area contributed by atoms with E-state index in [9.17, 15) is 19.5 Å². The molecular weight excluding hydrogens is 657 g/mol. The number of carbonyl (C=O) groups excluding carboxylic acids is 3. The highest BCUT2D eigenvalue weighted by Crippen LogP contribution is 2.28. The number of aliphatic hydroxyl groups is 1. The third-order valence-corrected chi connectivity index (χ3v) is 10.5. The van der Waals surface area contributed by atoms with E-state index in [1.807, 2.05) is 57.0 Å². The van der Waals surface area contributed by atoms with Crippen LogP contribution in [0.15, 0.2) is 35.9 Å². The molecule has 51 heavy (non-hydrogen) atoms. The second-order valence-corrected chi connectivity index (χ2v) is 14.6. The van der Waals surface area contributed by atoms with Crippen molar-refractivity contribution >= 4 is 29.7 Å². The van der Waals surface area contributed by atoms with Gasteiger partial charge in [-0.25, -0.2) is 9.18 Å². The Morgan fingerprint density at radius 1 is 0.941 bits per heavy atom. The molecule has 4 heterocycles. The van der Waals surface area contributed by atoms with Gasteiger partial charge in [0.15, 0.2) is 0 Å². The van der Waals surface area contributed by atoms with Crippen molar-refractivity contribution in [3.63, 3.8) is 0 Å². The van der Waals surface area contributed by atoms with Gasteiger partial charge >= 0.3 is 12.1 Å². The van der Waals surface area contributed by atoms with Gasteiger partial charge in [-0.2, -0.15) is 0 Å². The number of ether oxygens (including phenoxy) is 3. The van der Waals surface area contributed by atoms with Gasteiger partial charge in [0.1, 0.15) is 18.0 Å². The summed E-state index contributed by atoms with van der Waals surface area (Å²) in [5.41, 5.74) is 2.06. The number of halogens is 1. The largest absolute Gasteiger partial charge is 0.457 e. The predicted molar refractivity (Wildman–Crippen MR) is 193 cm³/mol. The van der Waals surface area contributed by atoms with Gasteiger partial charge in [0.25, 0.3) is 0 Å². The van der Waals surface area contributed by atoms with Gasteiger partial charge in [-0.1, -0.05) is 26.0 Å². The van der Waals surface area contributed by atoms with Gasteiger partial charge in [0.05, 0.1) is 32.3 Å². The first-order valence-corrected chi connectivity index (χ1v) is 18.5. The lowest BCUT2D eigenvalue weighted by Gasteiger charge is -2.37. The van der Waals surface area contributed by atoms with Crippen molar-refractivity contribution < 1.29 is 38.1 Å². The summed E-state index contributed by atoms with van der Waals surface area (Å²) in [5.74, 6) is -1.18. The van der Waals surface area contributed by atoms with E-state index in [0.29, 0.717) is 83.0 Å². The normalized spacial score (nSPS) is 28.7. The second kappa shape index (κ2) is 18.3. The number of likely N-dealkylation sites (N-methyl/N-ethyl adjacent to an activating group) is 1. The molecule has 1 N–H and O–H groups in total. The highest BCUT2D eigenvalue weighted by molar-refractivity contribution is 5.78. The number of benzene rings is 1. The number of piperazine rings is 2. The Morgan fingerprint density at radius 2 is 1.63 bits per heavy atom. The molecule has 4 aliphatic rings. The van der Waals surface area contributed by atoms with Crippen molar-refractivity contribution in [3.8, 4) is 0 Å². The van der Waals surface area contributed by atoms with Crippen LogP contribution in [0.5, 0.6) is 0 Å². The fourth-order valence-corrected chi connectivity index (χ4v) is 7.10. The van der Waals surface area contributed by atoms with Gasteiger partial charge in [0.2, 0.25) is 5.91 Å². The molecule has 5 atom stereocenters. The maximum atomic E-state index is 15.1. The van der Waals surface area contributed by atoms with Crippen LogP contribution >= 0.6 is 0 Å². The summed E-state index contributed by atoms with van der Waals surface area (Å²) >= 11 is 0. The zero-order chi connectivity index (χ0) is 36.5. The summed E-state index contributed by atoms with van der Waals surface area (Å²) in [5, 5.41) is 10.7. The minimum atomic E-state index is -0.890. The number of anilines is 1. The van der Waals surface area contributed by atoms with Crippen molar-refractivity contribution in [3.05, 3.63) is 47.3 Å². The van der Waals surface area contributed by atoms with Crippen molar-refractivity contribution in [2.45, 2.75) is 58.3 Å². The highest BCUT2D eigenvalue weighted by atomic mass is 19.1. The van der Waals surface area contributed by atoms with Crippen molar-refractivity contribution in [1.29, 1.82) is 0 Å². The molecule has 4 aliphatic heterocycles. The van der Waals surface area contributed by atoms with Crippen LogP contribution in [-0.4, -0.2) is 153 Å². The number of morpholine rings is 1. The summed E-state index contributed by atoms with van der Waals surface area (Å²) in [6.07, 6.45) is 3.94. The first-order valence-electron chi connectivity index (χ1n) is 18.5. The second-order valence-electron chi connectivity index (χ2n) is 14.6. The molecule has 3 fully saturated rings. The van der Waals surface area contributed by atoms with E-state index in [4.69, 9.17) is 14.2 Å². The molecule has 0 aliphatic carbocycles. The Bertz CT molecular complexity index is 1400. The third kappa shape index (κ3) is 11.2. The number of nitrogens with zero attached hydrogens (tertiary/aromatic N) is 5. The van der Waals surface area contributed by atoms with E-state index >= 15 is 4.39 Å². The molecule has 1 aromatic carbocycles. The summed E-state index contributed by atoms with van der Waals surface area (Å²) in [4.78, 5) is 49.0. The molecule has 0 radical (unpaired) electrons. The minimum absolute atomic E-state index is 0.0829. The molecule has 0 unspecified atom stereocenters. The van der Waals surface area contributed by atoms with Crippen LogP contribution in [0.3, 0.4) is 0 Å². The van der Waals surface area contributed by atoms with Crippen LogP contribution in [0.1, 0.15) is 45.6 Å². The topological polar surface area (TPSA) is 115 Å². The van der Waals surface area contributed by atoms with Crippen molar-refractivity contribution in [1.82, 2.24) is 19.6 Å². The Kier molecular flexibility index (Phi) is 13.9. The molecule has 0 aromatic heterocycles. The van der Waals surface area contributed by atoms with Gasteiger partial charge < -0.3 is 38.9 Å². The summed E-state index contributed by atoms with van der Waals surface area (Å²) in [6.45, 7) is 14.0. The number of amides is 2. The fraction of sp³-hybridized carbons (Fsp3) is 0.658.